The number of methoxy groups -OCH3 is 1. The number of carbonyl (C=O) groups is 2. The molecule has 5 rings (SSSR count). The quantitative estimate of drug-likeness (QED) is 0.535. The first-order chi connectivity index (χ1) is 16.3. The van der Waals surface area contributed by atoms with Crippen molar-refractivity contribution >= 4 is 29.3 Å². The number of rotatable bonds is 4. The Labute approximate surface area is 200 Å². The molecule has 1 saturated heterocycles. The molecule has 1 spiro atoms. The zero-order chi connectivity index (χ0) is 24.0. The Morgan fingerprint density at radius 1 is 1.12 bits per heavy atom. The molecule has 1 atom stereocenters. The van der Waals surface area contributed by atoms with E-state index in [2.05, 4.69) is 0 Å². The molecule has 0 radical (unpaired) electrons. The van der Waals surface area contributed by atoms with Gasteiger partial charge in [-0.1, -0.05) is 29.8 Å². The van der Waals surface area contributed by atoms with Gasteiger partial charge in [0.1, 0.15) is 17.4 Å². The summed E-state index contributed by atoms with van der Waals surface area (Å²) in [6, 6.07) is 15.8. The Balaban J connectivity index is 1.59. The van der Waals surface area contributed by atoms with E-state index in [0.717, 1.165) is 11.6 Å². The molecule has 2 aliphatic heterocycles. The van der Waals surface area contributed by atoms with E-state index >= 15 is 0 Å². The van der Waals surface area contributed by atoms with Crippen LogP contribution in [-0.4, -0.2) is 36.1 Å². The van der Waals surface area contributed by atoms with Crippen LogP contribution in [0.5, 0.6) is 5.75 Å². The molecule has 0 aromatic heterocycles. The number of hydrogen-bond donors (Lipinski definition) is 0. The van der Waals surface area contributed by atoms with Crippen LogP contribution in [0.25, 0.3) is 0 Å². The van der Waals surface area contributed by atoms with Gasteiger partial charge in [-0.25, -0.2) is 8.78 Å². The monoisotopic (exact) mass is 480 g/mol. The number of benzene rings is 3. The van der Waals surface area contributed by atoms with Crippen molar-refractivity contribution in [3.8, 4) is 5.75 Å². The second-order valence-corrected chi connectivity index (χ2v) is 9.62. The molecule has 2 amide bonds. The fourth-order valence-electron chi connectivity index (χ4n) is 4.62. The smallest absolute Gasteiger partial charge is 0.268 e. The lowest BCUT2D eigenvalue weighted by molar-refractivity contribution is -0.123. The van der Waals surface area contributed by atoms with Crippen molar-refractivity contribution in [1.82, 2.24) is 4.90 Å². The molecule has 2 aliphatic rings. The van der Waals surface area contributed by atoms with Crippen LogP contribution in [0.15, 0.2) is 60.7 Å². The molecular weight excluding hydrogens is 458 g/mol. The SMILES string of the molecule is COc1cccc(C(=O)N2CCS[C@]23C(=O)N(Cc2ccc(F)cc2F)c2ccc(C)cc23)c1. The van der Waals surface area contributed by atoms with E-state index in [4.69, 9.17) is 4.74 Å². The highest BCUT2D eigenvalue weighted by atomic mass is 32.2. The lowest BCUT2D eigenvalue weighted by Gasteiger charge is -2.33. The highest BCUT2D eigenvalue weighted by Crippen LogP contribution is 2.55. The molecule has 0 N–H and O–H groups in total. The molecular formula is C26H22F2N2O3S. The number of fused-ring (bicyclic) bond motifs is 2. The Morgan fingerprint density at radius 2 is 1.94 bits per heavy atom. The normalized spacial score (nSPS) is 19.1. The molecule has 5 nitrogen and oxygen atoms in total. The summed E-state index contributed by atoms with van der Waals surface area (Å²) in [5.74, 6) is -0.855. The van der Waals surface area contributed by atoms with Gasteiger partial charge in [-0.2, -0.15) is 0 Å². The number of aryl methyl sites for hydroxylation is 1. The standard InChI is InChI=1S/C26H22F2N2O3S/c1-16-6-9-23-21(12-16)26(25(32)29(23)15-18-7-8-19(27)14-22(18)28)30(10-11-34-26)24(31)17-4-3-5-20(13-17)33-2/h3-9,12-14H,10-11,15H2,1-2H3/t26-/m1/s1. The van der Waals surface area contributed by atoms with Gasteiger partial charge in [-0.3, -0.25) is 9.59 Å². The highest BCUT2D eigenvalue weighted by molar-refractivity contribution is 8.01. The molecule has 3 aromatic carbocycles. The molecule has 0 unspecified atom stereocenters. The third kappa shape index (κ3) is 3.44. The average Bonchev–Trinajstić information content (AvgIpc) is 3.37. The largest absolute Gasteiger partial charge is 0.497 e. The maximum absolute atomic E-state index is 14.5. The molecule has 8 heteroatoms. The van der Waals surface area contributed by atoms with Gasteiger partial charge in [0.2, 0.25) is 0 Å². The fourth-order valence-corrected chi connectivity index (χ4v) is 6.07. The first-order valence-corrected chi connectivity index (χ1v) is 11.8. The van der Waals surface area contributed by atoms with Gasteiger partial charge >= 0.3 is 0 Å². The average molecular weight is 481 g/mol. The summed E-state index contributed by atoms with van der Waals surface area (Å²) in [6.45, 7) is 2.25. The van der Waals surface area contributed by atoms with Gasteiger partial charge < -0.3 is 14.5 Å². The van der Waals surface area contributed by atoms with Crippen molar-refractivity contribution < 1.29 is 23.1 Å². The molecule has 1 fully saturated rings. The molecule has 174 valence electrons. The van der Waals surface area contributed by atoms with Crippen LogP contribution < -0.4 is 9.64 Å². The first kappa shape index (κ1) is 22.4. The van der Waals surface area contributed by atoms with Crippen molar-refractivity contribution in [1.29, 1.82) is 0 Å². The van der Waals surface area contributed by atoms with E-state index in [-0.39, 0.29) is 23.9 Å². The topological polar surface area (TPSA) is 49.9 Å². The van der Waals surface area contributed by atoms with Gasteiger partial charge in [0, 0.05) is 35.1 Å². The van der Waals surface area contributed by atoms with E-state index in [0.29, 0.717) is 34.9 Å². The van der Waals surface area contributed by atoms with Gasteiger partial charge in [-0.15, -0.1) is 11.8 Å². The Bertz CT molecular complexity index is 1310. The molecule has 3 aromatic rings. The summed E-state index contributed by atoms with van der Waals surface area (Å²) in [6.07, 6.45) is 0. The van der Waals surface area contributed by atoms with Crippen molar-refractivity contribution in [3.63, 3.8) is 0 Å². The van der Waals surface area contributed by atoms with Crippen molar-refractivity contribution in [2.45, 2.75) is 18.3 Å². The summed E-state index contributed by atoms with van der Waals surface area (Å²) >= 11 is 1.40. The van der Waals surface area contributed by atoms with Crippen LogP contribution in [0.2, 0.25) is 0 Å². The first-order valence-electron chi connectivity index (χ1n) is 10.8. The number of anilines is 1. The number of amides is 2. The van der Waals surface area contributed by atoms with Crippen LogP contribution in [0, 0.1) is 18.6 Å². The van der Waals surface area contributed by atoms with Crippen LogP contribution in [0.4, 0.5) is 14.5 Å². The summed E-state index contributed by atoms with van der Waals surface area (Å²) in [4.78, 5) is 29.5. The lowest BCUT2D eigenvalue weighted by atomic mass is 10.0. The summed E-state index contributed by atoms with van der Waals surface area (Å²) < 4.78 is 33.2. The van der Waals surface area contributed by atoms with Crippen LogP contribution in [0.1, 0.15) is 27.0 Å². The van der Waals surface area contributed by atoms with Gasteiger partial charge in [-0.05, 0) is 37.3 Å². The predicted octanol–water partition coefficient (Wildman–Crippen LogP) is 4.87. The van der Waals surface area contributed by atoms with Crippen molar-refractivity contribution in [2.75, 3.05) is 24.3 Å². The second kappa shape index (κ2) is 8.43. The lowest BCUT2D eigenvalue weighted by Crippen LogP contribution is -2.50. The van der Waals surface area contributed by atoms with Crippen LogP contribution in [-0.2, 0) is 16.2 Å². The van der Waals surface area contributed by atoms with E-state index < -0.39 is 16.5 Å². The van der Waals surface area contributed by atoms with E-state index in [9.17, 15) is 18.4 Å². The number of halogens is 2. The van der Waals surface area contributed by atoms with Crippen molar-refractivity contribution in [3.05, 3.63) is 94.6 Å². The second-order valence-electron chi connectivity index (χ2n) is 8.33. The minimum atomic E-state index is -1.25. The molecule has 34 heavy (non-hydrogen) atoms. The van der Waals surface area contributed by atoms with Gasteiger partial charge in [0.15, 0.2) is 4.87 Å². The zero-order valence-corrected chi connectivity index (χ0v) is 19.5. The van der Waals surface area contributed by atoms with Crippen LogP contribution >= 0.6 is 11.8 Å². The minimum absolute atomic E-state index is 0.0650. The van der Waals surface area contributed by atoms with Crippen molar-refractivity contribution in [2.24, 2.45) is 0 Å². The number of hydrogen-bond acceptors (Lipinski definition) is 4. The molecule has 0 bridgehead atoms. The third-order valence-corrected chi connectivity index (χ3v) is 7.67. The predicted molar refractivity (Wildman–Crippen MR) is 127 cm³/mol. The number of nitrogens with zero attached hydrogens (tertiary/aromatic N) is 2. The maximum Gasteiger partial charge on any atom is 0.268 e. The van der Waals surface area contributed by atoms with E-state index in [1.165, 1.54) is 35.9 Å². The Morgan fingerprint density at radius 3 is 2.71 bits per heavy atom. The summed E-state index contributed by atoms with van der Waals surface area (Å²) in [5, 5.41) is 0. The van der Waals surface area contributed by atoms with E-state index in [1.54, 1.807) is 29.2 Å². The summed E-state index contributed by atoms with van der Waals surface area (Å²) in [7, 11) is 1.53. The molecule has 0 saturated carbocycles. The fraction of sp³-hybridized carbons (Fsp3) is 0.231. The van der Waals surface area contributed by atoms with E-state index in [1.807, 2.05) is 25.1 Å². The number of carbonyl (C=O) groups excluding carboxylic acids is 2. The maximum atomic E-state index is 14.5. The summed E-state index contributed by atoms with van der Waals surface area (Å²) in [5.41, 5.74) is 2.90. The molecule has 0 aliphatic carbocycles. The minimum Gasteiger partial charge on any atom is -0.497 e. The highest BCUT2D eigenvalue weighted by Gasteiger charge is 2.59. The molecule has 2 heterocycles. The Hall–Kier alpha value is -3.39. The zero-order valence-electron chi connectivity index (χ0n) is 18.7. The number of thioether (sulfide) groups is 1. The Kier molecular flexibility index (Phi) is 5.56. The van der Waals surface area contributed by atoms with Gasteiger partial charge in [0.05, 0.1) is 19.3 Å². The third-order valence-electron chi connectivity index (χ3n) is 6.25. The van der Waals surface area contributed by atoms with Gasteiger partial charge in [0.25, 0.3) is 11.8 Å². The number of ether oxygens (including phenoxy) is 1. The van der Waals surface area contributed by atoms with Crippen LogP contribution in [0.3, 0.4) is 0 Å².